The number of benzene rings is 4. The maximum Gasteiger partial charge on any atom is 0.254 e. The number of aliphatic imine (C=N–C) groups is 1. The normalized spacial score (nSPS) is 19.6. The van der Waals surface area contributed by atoms with Crippen LogP contribution in [0.4, 0.5) is 0 Å². The molecule has 244 valence electrons. The van der Waals surface area contributed by atoms with Crippen LogP contribution in [0.25, 0.3) is 11.1 Å². The summed E-state index contributed by atoms with van der Waals surface area (Å²) in [5, 5.41) is 9.09. The van der Waals surface area contributed by atoms with Crippen molar-refractivity contribution < 1.29 is 27.8 Å². The Labute approximate surface area is 276 Å². The predicted molar refractivity (Wildman–Crippen MR) is 182 cm³/mol. The van der Waals surface area contributed by atoms with Crippen molar-refractivity contribution >= 4 is 21.6 Å². The van der Waals surface area contributed by atoms with Crippen LogP contribution in [0.3, 0.4) is 0 Å². The Hall–Kier alpha value is -4.47. The highest BCUT2D eigenvalue weighted by Gasteiger charge is 2.55. The molecule has 4 aromatic carbocycles. The van der Waals surface area contributed by atoms with Gasteiger partial charge in [-0.05, 0) is 72.4 Å². The van der Waals surface area contributed by atoms with Gasteiger partial charge in [0, 0.05) is 38.1 Å². The molecule has 2 heterocycles. The van der Waals surface area contributed by atoms with E-state index in [1.54, 1.807) is 42.5 Å². The number of piperidine rings is 1. The largest absolute Gasteiger partial charge is 0.494 e. The summed E-state index contributed by atoms with van der Waals surface area (Å²) in [6.45, 7) is 1.62. The molecule has 1 fully saturated rings. The molecule has 1 saturated heterocycles. The van der Waals surface area contributed by atoms with Crippen LogP contribution in [-0.2, 0) is 19.4 Å². The van der Waals surface area contributed by atoms with Gasteiger partial charge in [-0.1, -0.05) is 72.8 Å². The fourth-order valence-corrected chi connectivity index (χ4v) is 7.63. The molecule has 0 aliphatic carbocycles. The summed E-state index contributed by atoms with van der Waals surface area (Å²) in [5.41, 5.74) is 1.98. The Bertz CT molecular complexity index is 1770. The first kappa shape index (κ1) is 32.5. The SMILES string of the molecule is O=C(N1CCCCC1)[C@]1(CCS(=O)(=O)c2ccccc2)N=C(c2ccc(OCCCO)cc2)O[C@@H]1c1ccc(-c2ccccc2)cc1. The number of nitrogens with zero attached hydrogens (tertiary/aromatic N) is 2. The highest BCUT2D eigenvalue weighted by atomic mass is 32.2. The Morgan fingerprint density at radius 3 is 2.11 bits per heavy atom. The van der Waals surface area contributed by atoms with Crippen molar-refractivity contribution in [2.75, 3.05) is 32.1 Å². The second-order valence-corrected chi connectivity index (χ2v) is 14.1. The van der Waals surface area contributed by atoms with Gasteiger partial charge in [0.05, 0.1) is 17.3 Å². The molecule has 9 heteroatoms. The van der Waals surface area contributed by atoms with E-state index in [0.29, 0.717) is 37.4 Å². The summed E-state index contributed by atoms with van der Waals surface area (Å²) in [5.74, 6) is 0.439. The van der Waals surface area contributed by atoms with Crippen LogP contribution in [0.2, 0.25) is 0 Å². The van der Waals surface area contributed by atoms with Gasteiger partial charge >= 0.3 is 0 Å². The van der Waals surface area contributed by atoms with Gasteiger partial charge in [0.1, 0.15) is 5.75 Å². The summed E-state index contributed by atoms with van der Waals surface area (Å²) < 4.78 is 39.6. The molecule has 2 atom stereocenters. The number of aliphatic hydroxyl groups excluding tert-OH is 1. The molecular weight excluding hydrogens is 612 g/mol. The van der Waals surface area contributed by atoms with E-state index in [1.807, 2.05) is 71.6 Å². The number of hydrogen-bond donors (Lipinski definition) is 1. The summed E-state index contributed by atoms with van der Waals surface area (Å²) in [7, 11) is -3.73. The van der Waals surface area contributed by atoms with Crippen molar-refractivity contribution in [3.8, 4) is 16.9 Å². The lowest BCUT2D eigenvalue weighted by Crippen LogP contribution is -2.52. The van der Waals surface area contributed by atoms with Crippen LogP contribution in [0.15, 0.2) is 119 Å². The molecule has 0 saturated carbocycles. The summed E-state index contributed by atoms with van der Waals surface area (Å²) >= 11 is 0. The van der Waals surface area contributed by atoms with Crippen LogP contribution in [0.5, 0.6) is 5.75 Å². The maximum atomic E-state index is 14.7. The molecule has 0 bridgehead atoms. The predicted octanol–water partition coefficient (Wildman–Crippen LogP) is 6.25. The van der Waals surface area contributed by atoms with Gasteiger partial charge in [-0.25, -0.2) is 13.4 Å². The van der Waals surface area contributed by atoms with Crippen LogP contribution in [-0.4, -0.2) is 67.8 Å². The van der Waals surface area contributed by atoms with Crippen molar-refractivity contribution in [3.63, 3.8) is 0 Å². The van der Waals surface area contributed by atoms with E-state index in [2.05, 4.69) is 0 Å². The highest BCUT2D eigenvalue weighted by Crippen LogP contribution is 2.45. The maximum absolute atomic E-state index is 14.7. The van der Waals surface area contributed by atoms with E-state index in [0.717, 1.165) is 36.0 Å². The lowest BCUT2D eigenvalue weighted by Gasteiger charge is -2.37. The second-order valence-electron chi connectivity index (χ2n) is 12.0. The molecule has 47 heavy (non-hydrogen) atoms. The zero-order valence-corrected chi connectivity index (χ0v) is 27.1. The lowest BCUT2D eigenvalue weighted by atomic mass is 9.83. The molecule has 4 aromatic rings. The number of ether oxygens (including phenoxy) is 2. The van der Waals surface area contributed by atoms with Crippen molar-refractivity contribution in [3.05, 3.63) is 120 Å². The average Bonchev–Trinajstić information content (AvgIpc) is 3.53. The van der Waals surface area contributed by atoms with Crippen LogP contribution < -0.4 is 4.74 Å². The van der Waals surface area contributed by atoms with E-state index in [-0.39, 0.29) is 35.5 Å². The first-order valence-electron chi connectivity index (χ1n) is 16.2. The second kappa shape index (κ2) is 14.5. The number of carbonyl (C=O) groups is 1. The van der Waals surface area contributed by atoms with E-state index in [1.165, 1.54) is 0 Å². The van der Waals surface area contributed by atoms with E-state index in [4.69, 9.17) is 19.6 Å². The fourth-order valence-electron chi connectivity index (χ4n) is 6.24. The molecule has 2 aliphatic rings. The number of likely N-dealkylation sites (tertiary alicyclic amines) is 1. The molecule has 1 amide bonds. The summed E-state index contributed by atoms with van der Waals surface area (Å²) in [4.78, 5) is 21.8. The van der Waals surface area contributed by atoms with Gasteiger partial charge in [-0.2, -0.15) is 0 Å². The minimum atomic E-state index is -3.73. The van der Waals surface area contributed by atoms with Crippen molar-refractivity contribution in [2.24, 2.45) is 4.99 Å². The van der Waals surface area contributed by atoms with Crippen LogP contribution >= 0.6 is 0 Å². The molecule has 2 aliphatic heterocycles. The zero-order chi connectivity index (χ0) is 32.7. The molecule has 0 spiro atoms. The number of amides is 1. The fraction of sp³-hybridized carbons (Fsp3) is 0.316. The van der Waals surface area contributed by atoms with Gasteiger partial charge in [-0.3, -0.25) is 4.79 Å². The molecule has 0 radical (unpaired) electrons. The summed E-state index contributed by atoms with van der Waals surface area (Å²) in [6.07, 6.45) is 2.45. The van der Waals surface area contributed by atoms with E-state index in [9.17, 15) is 13.2 Å². The Morgan fingerprint density at radius 1 is 0.830 bits per heavy atom. The average molecular weight is 653 g/mol. The quantitative estimate of drug-likeness (QED) is 0.182. The van der Waals surface area contributed by atoms with Crippen molar-refractivity contribution in [1.82, 2.24) is 4.90 Å². The first-order valence-corrected chi connectivity index (χ1v) is 17.9. The third-order valence-electron chi connectivity index (χ3n) is 8.83. The molecule has 1 N–H and O–H groups in total. The standard InChI is InChI=1S/C38H40N2O6S/c41-26-10-27-45-33-21-19-32(20-22-33)36-39-38(37(42)40-24-8-3-9-25-40,23-28-47(43,44)34-13-6-2-7-14-34)35(46-36)31-17-15-30(16-18-31)29-11-4-1-5-12-29/h1-2,4-7,11-22,35,41H,3,8-10,23-28H2/t35-,38-/m1/s1. The monoisotopic (exact) mass is 652 g/mol. The number of hydrogen-bond acceptors (Lipinski definition) is 7. The third kappa shape index (κ3) is 7.26. The van der Waals surface area contributed by atoms with Gasteiger partial charge < -0.3 is 19.5 Å². The van der Waals surface area contributed by atoms with Gasteiger partial charge in [0.2, 0.25) is 5.90 Å². The van der Waals surface area contributed by atoms with Crippen molar-refractivity contribution in [1.29, 1.82) is 0 Å². The third-order valence-corrected chi connectivity index (χ3v) is 10.6. The topological polar surface area (TPSA) is 106 Å². The lowest BCUT2D eigenvalue weighted by molar-refractivity contribution is -0.140. The Kier molecular flexibility index (Phi) is 10.0. The van der Waals surface area contributed by atoms with E-state index < -0.39 is 21.5 Å². The molecule has 0 unspecified atom stereocenters. The van der Waals surface area contributed by atoms with Gasteiger partial charge in [-0.15, -0.1) is 0 Å². The molecular formula is C38H40N2O6S. The van der Waals surface area contributed by atoms with E-state index >= 15 is 0 Å². The molecule has 6 rings (SSSR count). The first-order chi connectivity index (χ1) is 22.9. The highest BCUT2D eigenvalue weighted by molar-refractivity contribution is 7.91. The number of carbonyl (C=O) groups excluding carboxylic acids is 1. The van der Waals surface area contributed by atoms with Gasteiger partial charge in [0.25, 0.3) is 5.91 Å². The summed E-state index contributed by atoms with van der Waals surface area (Å²) in [6, 6.07) is 33.5. The Morgan fingerprint density at radius 2 is 1.45 bits per heavy atom. The Balaban J connectivity index is 1.41. The number of aliphatic hydroxyl groups is 1. The minimum absolute atomic E-state index is 0.0451. The molecule has 8 nitrogen and oxygen atoms in total. The smallest absolute Gasteiger partial charge is 0.254 e. The van der Waals surface area contributed by atoms with Gasteiger partial charge in [0.15, 0.2) is 21.5 Å². The van der Waals surface area contributed by atoms with Crippen LogP contribution in [0, 0.1) is 0 Å². The zero-order valence-electron chi connectivity index (χ0n) is 26.3. The number of sulfone groups is 1. The van der Waals surface area contributed by atoms with Crippen molar-refractivity contribution in [2.45, 2.75) is 48.6 Å². The number of rotatable bonds is 12. The van der Waals surface area contributed by atoms with Crippen LogP contribution in [0.1, 0.15) is 49.3 Å². The molecule has 0 aromatic heterocycles. The minimum Gasteiger partial charge on any atom is -0.494 e.